The number of ether oxygens (including phenoxy) is 2. The lowest BCUT2D eigenvalue weighted by Gasteiger charge is -2.21. The average molecular weight is 491 g/mol. The Balaban J connectivity index is 1.29. The molecule has 4 rings (SSSR count). The van der Waals surface area contributed by atoms with Crippen molar-refractivity contribution in [2.24, 2.45) is 17.8 Å². The Morgan fingerprint density at radius 3 is 2.31 bits per heavy atom. The Labute approximate surface area is 214 Å². The van der Waals surface area contributed by atoms with Gasteiger partial charge in [0.2, 0.25) is 5.91 Å². The number of likely N-dealkylation sites (tertiary alicyclic amines) is 1. The van der Waals surface area contributed by atoms with E-state index >= 15 is 0 Å². The van der Waals surface area contributed by atoms with Crippen LogP contribution in [0.2, 0.25) is 0 Å². The number of hydrogen-bond acceptors (Lipinski definition) is 5. The summed E-state index contributed by atoms with van der Waals surface area (Å²) in [6.45, 7) is 6.38. The molecule has 0 radical (unpaired) electrons. The molecule has 1 saturated heterocycles. The highest BCUT2D eigenvalue weighted by atomic mass is 16.5. The maximum absolute atomic E-state index is 13.1. The highest BCUT2D eigenvalue weighted by molar-refractivity contribution is 5.83. The Kier molecular flexibility index (Phi) is 9.15. The SMILES string of the molecule is CCOC(=O)C(CC(=O)N1C[C@H]2CC=CC[C@H]2C1)Cc1ccc(OCCc2ccc(CC)cn2)cc1. The Morgan fingerprint density at radius 2 is 1.69 bits per heavy atom. The van der Waals surface area contributed by atoms with Gasteiger partial charge in [-0.2, -0.15) is 0 Å². The van der Waals surface area contributed by atoms with Crippen molar-refractivity contribution in [1.29, 1.82) is 0 Å². The first-order chi connectivity index (χ1) is 17.6. The molecule has 3 atom stereocenters. The molecule has 1 unspecified atom stereocenters. The zero-order chi connectivity index (χ0) is 25.3. The third-order valence-corrected chi connectivity index (χ3v) is 7.34. The molecule has 2 aromatic rings. The molecule has 0 bridgehead atoms. The fraction of sp³-hybridized carbons (Fsp3) is 0.500. The molecule has 2 aliphatic rings. The summed E-state index contributed by atoms with van der Waals surface area (Å²) in [6, 6.07) is 11.9. The average Bonchev–Trinajstić information content (AvgIpc) is 3.34. The molecule has 1 aromatic heterocycles. The first kappa shape index (κ1) is 25.9. The topological polar surface area (TPSA) is 68.7 Å². The molecule has 192 valence electrons. The zero-order valence-electron chi connectivity index (χ0n) is 21.5. The van der Waals surface area contributed by atoms with Crippen LogP contribution in [-0.2, 0) is 33.6 Å². The van der Waals surface area contributed by atoms with E-state index in [1.165, 1.54) is 5.56 Å². The summed E-state index contributed by atoms with van der Waals surface area (Å²) in [7, 11) is 0. The van der Waals surface area contributed by atoms with Crippen molar-refractivity contribution in [3.63, 3.8) is 0 Å². The second-order valence-corrected chi connectivity index (χ2v) is 9.87. The summed E-state index contributed by atoms with van der Waals surface area (Å²) >= 11 is 0. The normalized spacial score (nSPS) is 19.6. The number of nitrogens with zero attached hydrogens (tertiary/aromatic N) is 2. The van der Waals surface area contributed by atoms with Crippen molar-refractivity contribution in [3.05, 3.63) is 71.6 Å². The number of allylic oxidation sites excluding steroid dienone is 2. The van der Waals surface area contributed by atoms with Gasteiger partial charge in [-0.25, -0.2) is 0 Å². The second kappa shape index (κ2) is 12.7. The van der Waals surface area contributed by atoms with Crippen LogP contribution in [0.5, 0.6) is 5.75 Å². The molecule has 0 N–H and O–H groups in total. The number of fused-ring (bicyclic) bond motifs is 1. The maximum Gasteiger partial charge on any atom is 0.309 e. The number of carbonyl (C=O) groups is 2. The van der Waals surface area contributed by atoms with Gasteiger partial charge >= 0.3 is 5.97 Å². The van der Waals surface area contributed by atoms with Crippen molar-refractivity contribution in [3.8, 4) is 5.75 Å². The summed E-state index contributed by atoms with van der Waals surface area (Å²) < 4.78 is 11.2. The minimum Gasteiger partial charge on any atom is -0.493 e. The van der Waals surface area contributed by atoms with E-state index < -0.39 is 5.92 Å². The highest BCUT2D eigenvalue weighted by Crippen LogP contribution is 2.33. The number of amides is 1. The largest absolute Gasteiger partial charge is 0.493 e. The smallest absolute Gasteiger partial charge is 0.309 e. The standard InChI is InChI=1S/C30H38N2O4/c1-3-22-9-12-27(31-19-22)15-16-36-28-13-10-23(11-14-28)17-26(30(34)35-4-2)18-29(33)32-20-24-7-5-6-8-25(24)21-32/h5-6,9-14,19,24-26H,3-4,7-8,15-18,20-21H2,1-2H3/t24-,25+,26?. The van der Waals surface area contributed by atoms with E-state index in [1.807, 2.05) is 35.4 Å². The third-order valence-electron chi connectivity index (χ3n) is 7.34. The Hall–Kier alpha value is -3.15. The molecule has 1 aromatic carbocycles. The molecule has 1 aliphatic heterocycles. The van der Waals surface area contributed by atoms with Crippen molar-refractivity contribution in [1.82, 2.24) is 9.88 Å². The van der Waals surface area contributed by atoms with Gasteiger partial charge in [0.15, 0.2) is 0 Å². The molecular weight excluding hydrogens is 452 g/mol. The van der Waals surface area contributed by atoms with E-state index in [2.05, 4.69) is 36.2 Å². The summed E-state index contributed by atoms with van der Waals surface area (Å²) in [6.07, 6.45) is 10.9. The van der Waals surface area contributed by atoms with Gasteiger partial charge in [-0.1, -0.05) is 37.3 Å². The Morgan fingerprint density at radius 1 is 1.00 bits per heavy atom. The lowest BCUT2D eigenvalue weighted by molar-refractivity contribution is -0.151. The fourth-order valence-electron chi connectivity index (χ4n) is 5.15. The first-order valence-electron chi connectivity index (χ1n) is 13.3. The zero-order valence-corrected chi connectivity index (χ0v) is 21.5. The van der Waals surface area contributed by atoms with Gasteiger partial charge in [0, 0.05) is 37.8 Å². The van der Waals surface area contributed by atoms with Crippen LogP contribution in [0.15, 0.2) is 54.7 Å². The fourth-order valence-corrected chi connectivity index (χ4v) is 5.15. The van der Waals surface area contributed by atoms with E-state index in [1.54, 1.807) is 6.92 Å². The van der Waals surface area contributed by atoms with Gasteiger partial charge < -0.3 is 14.4 Å². The molecular formula is C30H38N2O4. The summed E-state index contributed by atoms with van der Waals surface area (Å²) in [5.74, 6) is 1.16. The first-order valence-corrected chi connectivity index (χ1v) is 13.3. The predicted molar refractivity (Wildman–Crippen MR) is 140 cm³/mol. The number of hydrogen-bond donors (Lipinski definition) is 0. The van der Waals surface area contributed by atoms with Gasteiger partial charge in [-0.05, 0) is 73.8 Å². The number of carbonyl (C=O) groups excluding carboxylic acids is 2. The third kappa shape index (κ3) is 6.96. The lowest BCUT2D eigenvalue weighted by Crippen LogP contribution is -2.33. The van der Waals surface area contributed by atoms with Crippen LogP contribution >= 0.6 is 0 Å². The van der Waals surface area contributed by atoms with Crippen LogP contribution in [0.3, 0.4) is 0 Å². The molecule has 0 spiro atoms. The van der Waals surface area contributed by atoms with E-state index in [-0.39, 0.29) is 18.3 Å². The van der Waals surface area contributed by atoms with Crippen LogP contribution in [0, 0.1) is 17.8 Å². The van der Waals surface area contributed by atoms with Crippen molar-refractivity contribution >= 4 is 11.9 Å². The molecule has 1 fully saturated rings. The number of pyridine rings is 1. The number of benzene rings is 1. The molecule has 6 heteroatoms. The van der Waals surface area contributed by atoms with Gasteiger partial charge in [0.25, 0.3) is 0 Å². The molecule has 6 nitrogen and oxygen atoms in total. The van der Waals surface area contributed by atoms with Crippen LogP contribution in [0.25, 0.3) is 0 Å². The van der Waals surface area contributed by atoms with E-state index in [0.717, 1.165) is 55.8 Å². The van der Waals surface area contributed by atoms with Gasteiger partial charge in [0.1, 0.15) is 5.75 Å². The number of aromatic nitrogens is 1. The van der Waals surface area contributed by atoms with E-state index in [9.17, 15) is 9.59 Å². The monoisotopic (exact) mass is 490 g/mol. The number of esters is 1. The van der Waals surface area contributed by atoms with Crippen molar-refractivity contribution < 1.29 is 19.1 Å². The van der Waals surface area contributed by atoms with Gasteiger partial charge in [-0.3, -0.25) is 14.6 Å². The Bertz CT molecular complexity index is 1020. The predicted octanol–water partition coefficient (Wildman–Crippen LogP) is 4.80. The van der Waals surface area contributed by atoms with Crippen LogP contribution < -0.4 is 4.74 Å². The van der Waals surface area contributed by atoms with Crippen molar-refractivity contribution in [2.75, 3.05) is 26.3 Å². The highest BCUT2D eigenvalue weighted by Gasteiger charge is 2.36. The maximum atomic E-state index is 13.1. The van der Waals surface area contributed by atoms with E-state index in [4.69, 9.17) is 9.47 Å². The van der Waals surface area contributed by atoms with Crippen molar-refractivity contribution in [2.45, 2.75) is 52.4 Å². The molecule has 1 aliphatic carbocycles. The number of aryl methyl sites for hydroxylation is 1. The second-order valence-electron chi connectivity index (χ2n) is 9.87. The van der Waals surface area contributed by atoms with E-state index in [0.29, 0.717) is 31.5 Å². The van der Waals surface area contributed by atoms with Gasteiger partial charge in [0.05, 0.1) is 19.1 Å². The van der Waals surface area contributed by atoms with Crippen LogP contribution in [-0.4, -0.2) is 48.1 Å². The lowest BCUT2D eigenvalue weighted by atomic mass is 9.86. The number of rotatable bonds is 11. The summed E-state index contributed by atoms with van der Waals surface area (Å²) in [4.78, 5) is 32.2. The molecule has 36 heavy (non-hydrogen) atoms. The molecule has 2 heterocycles. The summed E-state index contributed by atoms with van der Waals surface area (Å²) in [5, 5.41) is 0. The van der Waals surface area contributed by atoms with Crippen LogP contribution in [0.1, 0.15) is 49.9 Å². The minimum atomic E-state index is -0.484. The molecule has 1 amide bonds. The van der Waals surface area contributed by atoms with Gasteiger partial charge in [-0.15, -0.1) is 0 Å². The molecule has 0 saturated carbocycles. The minimum absolute atomic E-state index is 0.0583. The summed E-state index contributed by atoms with van der Waals surface area (Å²) in [5.41, 5.74) is 3.23. The quantitative estimate of drug-likeness (QED) is 0.334. The van der Waals surface area contributed by atoms with Crippen LogP contribution in [0.4, 0.5) is 0 Å².